The van der Waals surface area contributed by atoms with E-state index < -0.39 is 23.9 Å². The number of methoxy groups -OCH3 is 1. The average molecular weight is 447 g/mol. The number of nitrogens with one attached hydrogen (secondary N) is 2. The van der Waals surface area contributed by atoms with Crippen molar-refractivity contribution in [2.24, 2.45) is 0 Å². The molecule has 10 heteroatoms. The summed E-state index contributed by atoms with van der Waals surface area (Å²) < 4.78 is 4.38. The van der Waals surface area contributed by atoms with Crippen LogP contribution in [-0.2, 0) is 23.9 Å². The van der Waals surface area contributed by atoms with Crippen LogP contribution in [0.25, 0.3) is 0 Å². The van der Waals surface area contributed by atoms with E-state index in [0.717, 1.165) is 31.4 Å². The van der Waals surface area contributed by atoms with Crippen LogP contribution in [0, 0.1) is 0 Å². The summed E-state index contributed by atoms with van der Waals surface area (Å²) in [5, 5.41) is 15.1. The molecule has 0 aromatic heterocycles. The molecule has 1 saturated heterocycles. The number of carboxylic acids is 1. The normalized spacial score (nSPS) is 17.1. The minimum atomic E-state index is -1.05. The molecule has 0 radical (unpaired) electrons. The van der Waals surface area contributed by atoms with Crippen LogP contribution in [-0.4, -0.2) is 59.6 Å². The number of aliphatic carboxylic acids is 1. The molecule has 1 aliphatic rings. The fourth-order valence-electron chi connectivity index (χ4n) is 2.70. The second-order valence-corrected chi connectivity index (χ2v) is 9.46. The maximum Gasteiger partial charge on any atom is 0.330 e. The van der Waals surface area contributed by atoms with Crippen molar-refractivity contribution in [3.8, 4) is 0 Å². The van der Waals surface area contributed by atoms with Gasteiger partial charge < -0.3 is 20.5 Å². The van der Waals surface area contributed by atoms with Gasteiger partial charge in [-0.1, -0.05) is 28.0 Å². The molecule has 1 rings (SSSR count). The number of amides is 2. The molecule has 29 heavy (non-hydrogen) atoms. The van der Waals surface area contributed by atoms with Crippen LogP contribution in [0.2, 0.25) is 0 Å². The Morgan fingerprint density at radius 2 is 1.97 bits per heavy atom. The van der Waals surface area contributed by atoms with E-state index in [4.69, 9.17) is 0 Å². The van der Waals surface area contributed by atoms with E-state index in [1.807, 2.05) is 21.6 Å². The summed E-state index contributed by atoms with van der Waals surface area (Å²) in [4.78, 5) is 45.7. The van der Waals surface area contributed by atoms with Crippen molar-refractivity contribution < 1.29 is 29.0 Å². The molecule has 1 aliphatic heterocycles. The summed E-state index contributed by atoms with van der Waals surface area (Å²) in [7, 11) is 5.04. The minimum Gasteiger partial charge on any atom is -0.480 e. The van der Waals surface area contributed by atoms with Crippen molar-refractivity contribution in [3.63, 3.8) is 0 Å². The SMILES string of the molecule is COC(=O)C=CC(=O)NCCCCC(NC(=O)CCCCC1CCSS1)C(=O)O. The predicted molar refractivity (Wildman–Crippen MR) is 115 cm³/mol. The van der Waals surface area contributed by atoms with Gasteiger partial charge in [-0.25, -0.2) is 9.59 Å². The van der Waals surface area contributed by atoms with Crippen molar-refractivity contribution in [1.82, 2.24) is 10.6 Å². The highest BCUT2D eigenvalue weighted by atomic mass is 33.1. The van der Waals surface area contributed by atoms with E-state index in [1.165, 1.54) is 19.3 Å². The van der Waals surface area contributed by atoms with Gasteiger partial charge in [0.05, 0.1) is 7.11 Å². The molecule has 1 fully saturated rings. The fourth-order valence-corrected chi connectivity index (χ4v) is 5.73. The lowest BCUT2D eigenvalue weighted by Gasteiger charge is -2.14. The highest BCUT2D eigenvalue weighted by Gasteiger charge is 2.20. The minimum absolute atomic E-state index is 0.230. The number of esters is 1. The third kappa shape index (κ3) is 12.5. The average Bonchev–Trinajstić information content (AvgIpc) is 3.21. The van der Waals surface area contributed by atoms with Crippen LogP contribution in [0.15, 0.2) is 12.2 Å². The van der Waals surface area contributed by atoms with Crippen molar-refractivity contribution in [2.75, 3.05) is 19.4 Å². The molecule has 0 spiro atoms. The molecule has 0 aromatic carbocycles. The zero-order valence-corrected chi connectivity index (χ0v) is 18.3. The van der Waals surface area contributed by atoms with Gasteiger partial charge in [0.15, 0.2) is 0 Å². The number of carboxylic acid groups (broad SMARTS) is 1. The second kappa shape index (κ2) is 15.2. The predicted octanol–water partition coefficient (Wildman–Crippen LogP) is 2.29. The molecular weight excluding hydrogens is 416 g/mol. The molecule has 2 amide bonds. The molecule has 3 N–H and O–H groups in total. The number of carbonyl (C=O) groups is 4. The smallest absolute Gasteiger partial charge is 0.330 e. The molecule has 2 unspecified atom stereocenters. The molecule has 0 aliphatic carbocycles. The zero-order valence-electron chi connectivity index (χ0n) is 16.7. The van der Waals surface area contributed by atoms with Crippen molar-refractivity contribution >= 4 is 45.3 Å². The summed E-state index contributed by atoms with van der Waals surface area (Å²) in [6.07, 6.45) is 7.93. The third-order valence-electron chi connectivity index (χ3n) is 4.33. The molecule has 0 aromatic rings. The third-order valence-corrected chi connectivity index (χ3v) is 7.34. The first-order valence-corrected chi connectivity index (χ1v) is 12.1. The van der Waals surface area contributed by atoms with Crippen LogP contribution in [0.4, 0.5) is 0 Å². The van der Waals surface area contributed by atoms with E-state index in [0.29, 0.717) is 37.5 Å². The Morgan fingerprint density at radius 3 is 2.62 bits per heavy atom. The first-order chi connectivity index (χ1) is 13.9. The van der Waals surface area contributed by atoms with Crippen LogP contribution < -0.4 is 10.6 Å². The number of hydrogen-bond acceptors (Lipinski definition) is 7. The Bertz CT molecular complexity index is 579. The molecule has 8 nitrogen and oxygen atoms in total. The standard InChI is InChI=1S/C19H30N2O6S2/c1-27-18(24)10-9-16(22)20-12-5-4-7-15(19(25)26)21-17(23)8-3-2-6-14-11-13-28-29-14/h9-10,14-15H,2-8,11-13H2,1H3,(H,20,22)(H,21,23)(H,25,26). The molecule has 2 atom stereocenters. The van der Waals surface area contributed by atoms with Gasteiger partial charge in [0.1, 0.15) is 6.04 Å². The topological polar surface area (TPSA) is 122 Å². The van der Waals surface area contributed by atoms with Gasteiger partial charge in [0.2, 0.25) is 11.8 Å². The number of ether oxygens (including phenoxy) is 1. The summed E-state index contributed by atoms with van der Waals surface area (Å²) in [6, 6.07) is -0.917. The molecular formula is C19H30N2O6S2. The van der Waals surface area contributed by atoms with Crippen LogP contribution >= 0.6 is 21.6 Å². The molecule has 164 valence electrons. The van der Waals surface area contributed by atoms with E-state index >= 15 is 0 Å². The summed E-state index contributed by atoms with van der Waals surface area (Å²) in [5.74, 6) is -1.12. The van der Waals surface area contributed by atoms with Crippen molar-refractivity contribution in [3.05, 3.63) is 12.2 Å². The van der Waals surface area contributed by atoms with Gasteiger partial charge in [-0.2, -0.15) is 0 Å². The maximum atomic E-state index is 12.0. The van der Waals surface area contributed by atoms with Crippen LogP contribution in [0.1, 0.15) is 51.4 Å². The van der Waals surface area contributed by atoms with Crippen molar-refractivity contribution in [1.29, 1.82) is 0 Å². The Morgan fingerprint density at radius 1 is 1.17 bits per heavy atom. The van der Waals surface area contributed by atoms with E-state index in [1.54, 1.807) is 0 Å². The Kier molecular flexibility index (Phi) is 13.3. The number of rotatable bonds is 14. The Balaban J connectivity index is 2.14. The van der Waals surface area contributed by atoms with Gasteiger partial charge in [0, 0.05) is 36.1 Å². The molecule has 0 bridgehead atoms. The highest BCUT2D eigenvalue weighted by Crippen LogP contribution is 2.39. The Labute approximate surface area is 179 Å². The first-order valence-electron chi connectivity index (χ1n) is 9.76. The van der Waals surface area contributed by atoms with Gasteiger partial charge in [-0.05, 0) is 38.5 Å². The number of carbonyl (C=O) groups excluding carboxylic acids is 3. The zero-order chi connectivity index (χ0) is 21.5. The van der Waals surface area contributed by atoms with Crippen molar-refractivity contribution in [2.45, 2.75) is 62.7 Å². The lowest BCUT2D eigenvalue weighted by atomic mass is 10.1. The number of unbranched alkanes of at least 4 members (excludes halogenated alkanes) is 2. The monoisotopic (exact) mass is 446 g/mol. The van der Waals surface area contributed by atoms with Gasteiger partial charge in [-0.15, -0.1) is 0 Å². The molecule has 1 heterocycles. The highest BCUT2D eigenvalue weighted by molar-refractivity contribution is 8.77. The Hall–Kier alpha value is -1.68. The van der Waals surface area contributed by atoms with Gasteiger partial charge >= 0.3 is 11.9 Å². The first kappa shape index (κ1) is 25.4. The summed E-state index contributed by atoms with van der Waals surface area (Å²) in [6.45, 7) is 0.349. The van der Waals surface area contributed by atoms with E-state index in [-0.39, 0.29) is 5.91 Å². The van der Waals surface area contributed by atoms with Gasteiger partial charge in [0.25, 0.3) is 0 Å². The second-order valence-electron chi connectivity index (χ2n) is 6.68. The van der Waals surface area contributed by atoms with Crippen LogP contribution in [0.5, 0.6) is 0 Å². The lowest BCUT2D eigenvalue weighted by Crippen LogP contribution is -2.40. The quantitative estimate of drug-likeness (QED) is 0.161. The summed E-state index contributed by atoms with van der Waals surface area (Å²) in [5.41, 5.74) is 0. The largest absolute Gasteiger partial charge is 0.480 e. The molecule has 0 saturated carbocycles. The number of hydrogen-bond donors (Lipinski definition) is 3. The fraction of sp³-hybridized carbons (Fsp3) is 0.684. The van der Waals surface area contributed by atoms with Gasteiger partial charge in [-0.3, -0.25) is 9.59 Å². The van der Waals surface area contributed by atoms with E-state index in [9.17, 15) is 24.3 Å². The lowest BCUT2D eigenvalue weighted by molar-refractivity contribution is -0.142. The van der Waals surface area contributed by atoms with E-state index in [2.05, 4.69) is 15.4 Å². The van der Waals surface area contributed by atoms with Crippen LogP contribution in [0.3, 0.4) is 0 Å². The maximum absolute atomic E-state index is 12.0. The summed E-state index contributed by atoms with van der Waals surface area (Å²) >= 11 is 0.